The Morgan fingerprint density at radius 1 is 1.64 bits per heavy atom. The molecule has 3 nitrogen and oxygen atoms in total. The van der Waals surface area contributed by atoms with Crippen LogP contribution < -0.4 is 0 Å². The van der Waals surface area contributed by atoms with Crippen LogP contribution in [0.5, 0.6) is 0 Å². The molecule has 0 aliphatic carbocycles. The fourth-order valence-corrected chi connectivity index (χ4v) is 1.89. The summed E-state index contributed by atoms with van der Waals surface area (Å²) in [5.41, 5.74) is 0. The lowest BCUT2D eigenvalue weighted by Gasteiger charge is -2.19. The second kappa shape index (κ2) is 6.02. The van der Waals surface area contributed by atoms with Gasteiger partial charge in [-0.25, -0.2) is 0 Å². The molecular formula is C11H22N2O. The predicted molar refractivity (Wildman–Crippen MR) is 59.4 cm³/mol. The van der Waals surface area contributed by atoms with Gasteiger partial charge in [-0.05, 0) is 25.2 Å². The van der Waals surface area contributed by atoms with Crippen molar-refractivity contribution < 1.29 is 5.11 Å². The molecule has 1 aliphatic rings. The third-order valence-corrected chi connectivity index (χ3v) is 2.77. The van der Waals surface area contributed by atoms with E-state index in [1.54, 1.807) is 0 Å². The Balaban J connectivity index is 2.34. The van der Waals surface area contributed by atoms with E-state index in [4.69, 9.17) is 5.11 Å². The van der Waals surface area contributed by atoms with E-state index < -0.39 is 0 Å². The van der Waals surface area contributed by atoms with Crippen LogP contribution in [0.3, 0.4) is 0 Å². The molecule has 0 aromatic rings. The van der Waals surface area contributed by atoms with Gasteiger partial charge in [-0.1, -0.05) is 20.3 Å². The van der Waals surface area contributed by atoms with Crippen LogP contribution in [0.4, 0.5) is 0 Å². The monoisotopic (exact) mass is 198 g/mol. The van der Waals surface area contributed by atoms with E-state index in [0.717, 1.165) is 19.4 Å². The zero-order valence-corrected chi connectivity index (χ0v) is 9.32. The van der Waals surface area contributed by atoms with Gasteiger partial charge in [-0.3, -0.25) is 5.01 Å². The summed E-state index contributed by atoms with van der Waals surface area (Å²) in [6.45, 7) is 5.62. The lowest BCUT2D eigenvalue weighted by atomic mass is 10.1. The van der Waals surface area contributed by atoms with Crippen LogP contribution in [-0.2, 0) is 0 Å². The first kappa shape index (κ1) is 11.5. The van der Waals surface area contributed by atoms with E-state index in [0.29, 0.717) is 5.92 Å². The van der Waals surface area contributed by atoms with Crippen LogP contribution in [-0.4, -0.2) is 35.5 Å². The fourth-order valence-electron chi connectivity index (χ4n) is 1.89. The van der Waals surface area contributed by atoms with E-state index in [-0.39, 0.29) is 12.6 Å². The molecule has 1 rings (SSSR count). The van der Waals surface area contributed by atoms with E-state index >= 15 is 0 Å². The highest BCUT2D eigenvalue weighted by molar-refractivity contribution is 5.59. The molecule has 0 spiro atoms. The highest BCUT2D eigenvalue weighted by Crippen LogP contribution is 2.16. The molecule has 1 fully saturated rings. The van der Waals surface area contributed by atoms with Gasteiger partial charge in [0.25, 0.3) is 0 Å². The first-order valence-electron chi connectivity index (χ1n) is 5.69. The van der Waals surface area contributed by atoms with Gasteiger partial charge in [0.05, 0.1) is 12.6 Å². The minimum atomic E-state index is 0.236. The second-order valence-electron chi connectivity index (χ2n) is 4.17. The third kappa shape index (κ3) is 3.29. The van der Waals surface area contributed by atoms with Crippen molar-refractivity contribution in [1.82, 2.24) is 5.01 Å². The maximum absolute atomic E-state index is 9.09. The molecule has 14 heavy (non-hydrogen) atoms. The molecule has 1 aliphatic heterocycles. The zero-order valence-electron chi connectivity index (χ0n) is 9.32. The Morgan fingerprint density at radius 3 is 3.07 bits per heavy atom. The minimum Gasteiger partial charge on any atom is -0.394 e. The highest BCUT2D eigenvalue weighted by Gasteiger charge is 2.21. The van der Waals surface area contributed by atoms with Crippen molar-refractivity contribution in [2.24, 2.45) is 11.0 Å². The van der Waals surface area contributed by atoms with Crippen LogP contribution in [0.2, 0.25) is 0 Å². The van der Waals surface area contributed by atoms with Crippen molar-refractivity contribution in [3.05, 3.63) is 0 Å². The molecule has 2 atom stereocenters. The van der Waals surface area contributed by atoms with E-state index in [9.17, 15) is 0 Å². The molecule has 0 unspecified atom stereocenters. The average molecular weight is 198 g/mol. The fraction of sp³-hybridized carbons (Fsp3) is 0.909. The first-order chi connectivity index (χ1) is 6.77. The van der Waals surface area contributed by atoms with E-state index in [1.807, 2.05) is 11.2 Å². The second-order valence-corrected chi connectivity index (χ2v) is 4.17. The van der Waals surface area contributed by atoms with E-state index in [1.165, 1.54) is 12.8 Å². The SMILES string of the molecule is CCC[C@H](C)/C=N/N1CCC[C@H]1CO. The van der Waals surface area contributed by atoms with Gasteiger partial charge in [0.15, 0.2) is 0 Å². The lowest BCUT2D eigenvalue weighted by molar-refractivity contribution is 0.163. The average Bonchev–Trinajstić information content (AvgIpc) is 2.62. The summed E-state index contributed by atoms with van der Waals surface area (Å²) in [6.07, 6.45) is 6.66. The molecule has 0 aromatic carbocycles. The quantitative estimate of drug-likeness (QED) is 0.684. The Labute approximate surface area is 86.8 Å². The van der Waals surface area contributed by atoms with E-state index in [2.05, 4.69) is 18.9 Å². The lowest BCUT2D eigenvalue weighted by Crippen LogP contribution is -2.27. The Kier molecular flexibility index (Phi) is 4.94. The van der Waals surface area contributed by atoms with Gasteiger partial charge >= 0.3 is 0 Å². The smallest absolute Gasteiger partial charge is 0.0702 e. The van der Waals surface area contributed by atoms with Crippen LogP contribution in [0, 0.1) is 5.92 Å². The summed E-state index contributed by atoms with van der Waals surface area (Å²) in [5.74, 6) is 0.556. The molecule has 0 bridgehead atoms. The van der Waals surface area contributed by atoms with Crippen LogP contribution >= 0.6 is 0 Å². The van der Waals surface area contributed by atoms with Crippen molar-refractivity contribution in [3.63, 3.8) is 0 Å². The van der Waals surface area contributed by atoms with Crippen molar-refractivity contribution in [1.29, 1.82) is 0 Å². The number of hydrogen-bond donors (Lipinski definition) is 1. The molecular weight excluding hydrogens is 176 g/mol. The van der Waals surface area contributed by atoms with Crippen LogP contribution in [0.25, 0.3) is 0 Å². The number of hydrazone groups is 1. The van der Waals surface area contributed by atoms with Gasteiger partial charge in [-0.15, -0.1) is 0 Å². The molecule has 1 N–H and O–H groups in total. The maximum Gasteiger partial charge on any atom is 0.0702 e. The number of hydrogen-bond acceptors (Lipinski definition) is 3. The minimum absolute atomic E-state index is 0.236. The molecule has 3 heteroatoms. The van der Waals surface area contributed by atoms with Crippen LogP contribution in [0.1, 0.15) is 39.5 Å². The van der Waals surface area contributed by atoms with Gasteiger partial charge < -0.3 is 5.11 Å². The predicted octanol–water partition coefficient (Wildman–Crippen LogP) is 1.87. The summed E-state index contributed by atoms with van der Waals surface area (Å²) in [7, 11) is 0. The molecule has 1 saturated heterocycles. The molecule has 0 aromatic heterocycles. The summed E-state index contributed by atoms with van der Waals surface area (Å²) in [5, 5.41) is 15.6. The maximum atomic E-state index is 9.09. The molecule has 0 saturated carbocycles. The van der Waals surface area contributed by atoms with Crippen molar-refractivity contribution in [3.8, 4) is 0 Å². The topological polar surface area (TPSA) is 35.8 Å². The number of nitrogens with zero attached hydrogens (tertiary/aromatic N) is 2. The standard InChI is InChI=1S/C11H22N2O/c1-3-5-10(2)8-12-13-7-4-6-11(13)9-14/h8,10-11,14H,3-7,9H2,1-2H3/b12-8+/t10-,11-/m0/s1. The van der Waals surface area contributed by atoms with Crippen LogP contribution in [0.15, 0.2) is 5.10 Å². The Morgan fingerprint density at radius 2 is 2.43 bits per heavy atom. The zero-order chi connectivity index (χ0) is 10.4. The Hall–Kier alpha value is -0.570. The molecule has 0 amide bonds. The van der Waals surface area contributed by atoms with Crippen molar-refractivity contribution >= 4 is 6.21 Å². The van der Waals surface area contributed by atoms with Crippen molar-refractivity contribution in [2.75, 3.05) is 13.2 Å². The Bertz CT molecular complexity index is 182. The molecule has 0 radical (unpaired) electrons. The van der Waals surface area contributed by atoms with Crippen molar-refractivity contribution in [2.45, 2.75) is 45.6 Å². The van der Waals surface area contributed by atoms with Gasteiger partial charge in [0.1, 0.15) is 0 Å². The first-order valence-corrected chi connectivity index (χ1v) is 5.69. The number of rotatable bonds is 5. The number of aliphatic hydroxyl groups excluding tert-OH is 1. The third-order valence-electron chi connectivity index (χ3n) is 2.77. The van der Waals surface area contributed by atoms with Gasteiger partial charge in [-0.2, -0.15) is 5.10 Å². The summed E-state index contributed by atoms with van der Waals surface area (Å²) < 4.78 is 0. The normalized spacial score (nSPS) is 24.8. The van der Waals surface area contributed by atoms with Gasteiger partial charge in [0.2, 0.25) is 0 Å². The summed E-state index contributed by atoms with van der Waals surface area (Å²) in [6, 6.07) is 0.264. The number of aliphatic hydroxyl groups is 1. The summed E-state index contributed by atoms with van der Waals surface area (Å²) >= 11 is 0. The largest absolute Gasteiger partial charge is 0.394 e. The molecule has 1 heterocycles. The molecule has 82 valence electrons. The summed E-state index contributed by atoms with van der Waals surface area (Å²) in [4.78, 5) is 0. The van der Waals surface area contributed by atoms with Gasteiger partial charge in [0, 0.05) is 12.8 Å². The highest BCUT2D eigenvalue weighted by atomic mass is 16.3.